The molecule has 3 atom stereocenters. The van der Waals surface area contributed by atoms with Gasteiger partial charge < -0.3 is 20.5 Å². The molecule has 6 heteroatoms. The van der Waals surface area contributed by atoms with E-state index >= 15 is 0 Å². The Morgan fingerprint density at radius 3 is 3.00 bits per heavy atom. The SMILES string of the molecule is CSCC[C@H](N)C(=O)N1CC(CO)OCC1C. The topological polar surface area (TPSA) is 75.8 Å². The van der Waals surface area contributed by atoms with Crippen LogP contribution in [0.3, 0.4) is 0 Å². The Morgan fingerprint density at radius 1 is 1.71 bits per heavy atom. The summed E-state index contributed by atoms with van der Waals surface area (Å²) in [5, 5.41) is 9.06. The zero-order valence-electron chi connectivity index (χ0n) is 10.5. The summed E-state index contributed by atoms with van der Waals surface area (Å²) in [4.78, 5) is 13.9. The van der Waals surface area contributed by atoms with E-state index in [0.29, 0.717) is 19.6 Å². The normalized spacial score (nSPS) is 26.9. The van der Waals surface area contributed by atoms with Crippen molar-refractivity contribution in [2.24, 2.45) is 5.73 Å². The highest BCUT2D eigenvalue weighted by Gasteiger charge is 2.31. The number of thioether (sulfide) groups is 1. The summed E-state index contributed by atoms with van der Waals surface area (Å²) in [7, 11) is 0. The Labute approximate surface area is 107 Å². The predicted molar refractivity (Wildman–Crippen MR) is 69.0 cm³/mol. The van der Waals surface area contributed by atoms with Gasteiger partial charge in [0, 0.05) is 6.54 Å². The van der Waals surface area contributed by atoms with Gasteiger partial charge in [-0.05, 0) is 25.4 Å². The Morgan fingerprint density at radius 2 is 2.41 bits per heavy atom. The van der Waals surface area contributed by atoms with Crippen molar-refractivity contribution in [1.29, 1.82) is 0 Å². The summed E-state index contributed by atoms with van der Waals surface area (Å²) in [5.74, 6) is 0.850. The predicted octanol–water partition coefficient (Wildman–Crippen LogP) is -0.325. The van der Waals surface area contributed by atoms with Crippen LogP contribution in [0.25, 0.3) is 0 Å². The number of nitrogens with two attached hydrogens (primary N) is 1. The first-order valence-electron chi connectivity index (χ1n) is 5.87. The molecule has 0 spiro atoms. The molecule has 1 aliphatic rings. The number of morpholine rings is 1. The minimum atomic E-state index is -0.442. The van der Waals surface area contributed by atoms with Gasteiger partial charge in [0.15, 0.2) is 0 Å². The third kappa shape index (κ3) is 4.13. The van der Waals surface area contributed by atoms with Crippen LogP contribution in [0.1, 0.15) is 13.3 Å². The quantitative estimate of drug-likeness (QED) is 0.710. The molecule has 2 unspecified atom stereocenters. The summed E-state index contributed by atoms with van der Waals surface area (Å²) in [6.45, 7) is 2.78. The average molecular weight is 262 g/mol. The second-order valence-corrected chi connectivity index (χ2v) is 5.35. The van der Waals surface area contributed by atoms with E-state index in [2.05, 4.69) is 0 Å². The molecule has 1 rings (SSSR count). The molecule has 3 N–H and O–H groups in total. The van der Waals surface area contributed by atoms with Crippen LogP contribution in [0.4, 0.5) is 0 Å². The van der Waals surface area contributed by atoms with Crippen molar-refractivity contribution in [1.82, 2.24) is 4.90 Å². The van der Waals surface area contributed by atoms with E-state index in [1.54, 1.807) is 16.7 Å². The number of aliphatic hydroxyl groups is 1. The highest BCUT2D eigenvalue weighted by Crippen LogP contribution is 2.13. The minimum Gasteiger partial charge on any atom is -0.394 e. The lowest BCUT2D eigenvalue weighted by atomic mass is 10.1. The molecule has 5 nitrogen and oxygen atoms in total. The van der Waals surface area contributed by atoms with E-state index in [1.165, 1.54) is 0 Å². The van der Waals surface area contributed by atoms with Crippen molar-refractivity contribution in [3.05, 3.63) is 0 Å². The fourth-order valence-corrected chi connectivity index (χ4v) is 2.31. The third-order valence-electron chi connectivity index (χ3n) is 2.94. The van der Waals surface area contributed by atoms with Gasteiger partial charge in [0.2, 0.25) is 5.91 Å². The molecule has 1 fully saturated rings. The second kappa shape index (κ2) is 7.20. The zero-order chi connectivity index (χ0) is 12.8. The van der Waals surface area contributed by atoms with Crippen molar-refractivity contribution >= 4 is 17.7 Å². The standard InChI is InChI=1S/C11H22N2O3S/c1-8-7-16-9(6-14)5-13(8)11(15)10(12)3-4-17-2/h8-10,14H,3-7,12H2,1-2H3/t8?,9?,10-/m0/s1. The van der Waals surface area contributed by atoms with Gasteiger partial charge >= 0.3 is 0 Å². The number of ether oxygens (including phenoxy) is 1. The smallest absolute Gasteiger partial charge is 0.239 e. The Balaban J connectivity index is 2.53. The lowest BCUT2D eigenvalue weighted by Gasteiger charge is -2.38. The molecule has 1 heterocycles. The molecular formula is C11H22N2O3S. The maximum atomic E-state index is 12.1. The number of carbonyl (C=O) groups excluding carboxylic acids is 1. The lowest BCUT2D eigenvalue weighted by Crippen LogP contribution is -2.56. The van der Waals surface area contributed by atoms with Gasteiger partial charge in [-0.3, -0.25) is 4.79 Å². The summed E-state index contributed by atoms with van der Waals surface area (Å²) in [6.07, 6.45) is 2.41. The highest BCUT2D eigenvalue weighted by molar-refractivity contribution is 7.98. The minimum absolute atomic E-state index is 0.0330. The Bertz CT molecular complexity index is 253. The van der Waals surface area contributed by atoms with E-state index in [4.69, 9.17) is 15.6 Å². The van der Waals surface area contributed by atoms with Crippen LogP contribution in [0.5, 0.6) is 0 Å². The summed E-state index contributed by atoms with van der Waals surface area (Å²) in [5.41, 5.74) is 5.88. The van der Waals surface area contributed by atoms with Gasteiger partial charge in [-0.15, -0.1) is 0 Å². The molecule has 0 radical (unpaired) electrons. The van der Waals surface area contributed by atoms with Crippen molar-refractivity contribution in [2.45, 2.75) is 31.5 Å². The fraction of sp³-hybridized carbons (Fsp3) is 0.909. The maximum Gasteiger partial charge on any atom is 0.239 e. The van der Waals surface area contributed by atoms with E-state index in [1.807, 2.05) is 13.2 Å². The second-order valence-electron chi connectivity index (χ2n) is 4.37. The largest absolute Gasteiger partial charge is 0.394 e. The van der Waals surface area contributed by atoms with Crippen LogP contribution in [-0.2, 0) is 9.53 Å². The molecule has 1 aliphatic heterocycles. The van der Waals surface area contributed by atoms with Crippen molar-refractivity contribution in [2.75, 3.05) is 31.8 Å². The zero-order valence-corrected chi connectivity index (χ0v) is 11.3. The van der Waals surface area contributed by atoms with Crippen LogP contribution in [0, 0.1) is 0 Å². The summed E-state index contributed by atoms with van der Waals surface area (Å²) < 4.78 is 5.39. The van der Waals surface area contributed by atoms with Gasteiger partial charge in [0.1, 0.15) is 0 Å². The molecule has 1 saturated heterocycles. The summed E-state index contributed by atoms with van der Waals surface area (Å²) >= 11 is 1.68. The molecular weight excluding hydrogens is 240 g/mol. The van der Waals surface area contributed by atoms with Crippen LogP contribution in [-0.4, -0.2) is 65.9 Å². The number of nitrogens with zero attached hydrogens (tertiary/aromatic N) is 1. The van der Waals surface area contributed by atoms with Crippen LogP contribution < -0.4 is 5.73 Å². The first kappa shape index (κ1) is 14.8. The summed E-state index contributed by atoms with van der Waals surface area (Å²) in [6, 6.07) is -0.409. The van der Waals surface area contributed by atoms with Gasteiger partial charge in [-0.2, -0.15) is 11.8 Å². The molecule has 0 saturated carbocycles. The molecule has 0 aromatic carbocycles. The monoisotopic (exact) mass is 262 g/mol. The van der Waals surface area contributed by atoms with Crippen LogP contribution >= 0.6 is 11.8 Å². The number of hydrogen-bond acceptors (Lipinski definition) is 5. The number of aliphatic hydroxyl groups excluding tert-OH is 1. The van der Waals surface area contributed by atoms with Gasteiger partial charge in [-0.1, -0.05) is 0 Å². The average Bonchev–Trinajstić information content (AvgIpc) is 2.35. The van der Waals surface area contributed by atoms with Crippen LogP contribution in [0.15, 0.2) is 0 Å². The van der Waals surface area contributed by atoms with Crippen molar-refractivity contribution in [3.8, 4) is 0 Å². The lowest BCUT2D eigenvalue weighted by molar-refractivity contribution is -0.147. The van der Waals surface area contributed by atoms with E-state index in [0.717, 1.165) is 5.75 Å². The number of hydrogen-bond donors (Lipinski definition) is 2. The first-order chi connectivity index (χ1) is 8.10. The van der Waals surface area contributed by atoms with E-state index in [9.17, 15) is 4.79 Å². The number of rotatable bonds is 5. The molecule has 100 valence electrons. The maximum absolute atomic E-state index is 12.1. The van der Waals surface area contributed by atoms with Gasteiger partial charge in [0.25, 0.3) is 0 Å². The molecule has 0 aromatic rings. The first-order valence-corrected chi connectivity index (χ1v) is 7.27. The number of amides is 1. The molecule has 1 amide bonds. The number of carbonyl (C=O) groups is 1. The Hall–Kier alpha value is -0.300. The van der Waals surface area contributed by atoms with Crippen LogP contribution in [0.2, 0.25) is 0 Å². The molecule has 0 aliphatic carbocycles. The molecule has 0 aromatic heterocycles. The van der Waals surface area contributed by atoms with Crippen molar-refractivity contribution in [3.63, 3.8) is 0 Å². The van der Waals surface area contributed by atoms with Gasteiger partial charge in [-0.25, -0.2) is 0 Å². The molecule has 0 bridgehead atoms. The Kier molecular flexibility index (Phi) is 6.26. The van der Waals surface area contributed by atoms with Crippen molar-refractivity contribution < 1.29 is 14.6 Å². The van der Waals surface area contributed by atoms with Gasteiger partial charge in [0.05, 0.1) is 31.4 Å². The third-order valence-corrected chi connectivity index (χ3v) is 3.59. The van der Waals surface area contributed by atoms with E-state index < -0.39 is 6.04 Å². The molecule has 17 heavy (non-hydrogen) atoms. The highest BCUT2D eigenvalue weighted by atomic mass is 32.2. The fourth-order valence-electron chi connectivity index (χ4n) is 1.82. The van der Waals surface area contributed by atoms with E-state index in [-0.39, 0.29) is 24.7 Å².